The van der Waals surface area contributed by atoms with Gasteiger partial charge in [-0.1, -0.05) is 18.2 Å². The minimum Gasteiger partial charge on any atom is -0.490 e. The van der Waals surface area contributed by atoms with E-state index in [1.807, 2.05) is 31.2 Å². The molecule has 3 rings (SSSR count). The van der Waals surface area contributed by atoms with Crippen LogP contribution >= 0.6 is 0 Å². The van der Waals surface area contributed by atoms with Crippen molar-refractivity contribution < 1.29 is 9.53 Å². The molecule has 1 aromatic heterocycles. The lowest BCUT2D eigenvalue weighted by Gasteiger charge is -2.32. The van der Waals surface area contributed by atoms with Crippen LogP contribution in [-0.2, 0) is 7.05 Å². The minimum absolute atomic E-state index is 0.112. The molecule has 7 heteroatoms. The lowest BCUT2D eigenvalue weighted by atomic mass is 10.1. The molecule has 1 aromatic carbocycles. The van der Waals surface area contributed by atoms with Crippen molar-refractivity contribution in [3.63, 3.8) is 0 Å². The highest BCUT2D eigenvalue weighted by Crippen LogP contribution is 2.22. The molecule has 1 aliphatic rings. The molecule has 0 atom stereocenters. The van der Waals surface area contributed by atoms with Crippen LogP contribution in [0.2, 0.25) is 0 Å². The maximum atomic E-state index is 12.3. The normalized spacial score (nSPS) is 15.0. The van der Waals surface area contributed by atoms with Crippen LogP contribution in [0.4, 0.5) is 10.6 Å². The Morgan fingerprint density at radius 1 is 1.20 bits per heavy atom. The van der Waals surface area contributed by atoms with Gasteiger partial charge in [0.2, 0.25) is 0 Å². The minimum atomic E-state index is -0.216. The number of benzene rings is 1. The second-order valence-corrected chi connectivity index (χ2v) is 6.18. The molecule has 7 nitrogen and oxygen atoms in total. The Hall–Kier alpha value is -2.83. The summed E-state index contributed by atoms with van der Waals surface area (Å²) in [5.74, 6) is 1.27. The first-order chi connectivity index (χ1) is 12.0. The lowest BCUT2D eigenvalue weighted by Crippen LogP contribution is -2.44. The highest BCUT2D eigenvalue weighted by molar-refractivity contribution is 5.88. The zero-order chi connectivity index (χ0) is 17.8. The molecule has 0 aliphatic carbocycles. The van der Waals surface area contributed by atoms with E-state index in [-0.39, 0.29) is 17.7 Å². The van der Waals surface area contributed by atoms with Gasteiger partial charge in [0.15, 0.2) is 5.82 Å². The molecule has 1 aliphatic heterocycles. The summed E-state index contributed by atoms with van der Waals surface area (Å²) in [6, 6.07) is 10.6. The standard InChI is InChI=1S/C18H22N4O3/c1-13-5-3-4-6-15(13)25-14-9-11-22(12-10-14)18(24)19-16-7-8-17(23)21(2)20-16/h3-8,14H,9-12H2,1-2H3,(H,19,20,24). The molecule has 1 N–H and O–H groups in total. The van der Waals surface area contributed by atoms with E-state index in [0.717, 1.165) is 24.2 Å². The van der Waals surface area contributed by atoms with E-state index in [2.05, 4.69) is 10.4 Å². The molecule has 2 amide bonds. The third-order valence-electron chi connectivity index (χ3n) is 4.31. The maximum Gasteiger partial charge on any atom is 0.323 e. The van der Waals surface area contributed by atoms with Crippen LogP contribution in [-0.4, -0.2) is 39.9 Å². The molecule has 2 aromatic rings. The number of aryl methyl sites for hydroxylation is 2. The number of hydrogen-bond acceptors (Lipinski definition) is 4. The Morgan fingerprint density at radius 3 is 2.60 bits per heavy atom. The fourth-order valence-corrected chi connectivity index (χ4v) is 2.80. The summed E-state index contributed by atoms with van der Waals surface area (Å²) in [5, 5.41) is 6.74. The average molecular weight is 342 g/mol. The van der Waals surface area contributed by atoms with Crippen molar-refractivity contribution in [2.45, 2.75) is 25.9 Å². The van der Waals surface area contributed by atoms with Crippen LogP contribution in [0.3, 0.4) is 0 Å². The highest BCUT2D eigenvalue weighted by Gasteiger charge is 2.24. The molecule has 1 saturated heterocycles. The van der Waals surface area contributed by atoms with Crippen molar-refractivity contribution in [1.82, 2.24) is 14.7 Å². The lowest BCUT2D eigenvalue weighted by molar-refractivity contribution is 0.115. The van der Waals surface area contributed by atoms with E-state index in [1.165, 1.54) is 16.8 Å². The number of anilines is 1. The van der Waals surface area contributed by atoms with Crippen LogP contribution in [0.25, 0.3) is 0 Å². The average Bonchev–Trinajstić information content (AvgIpc) is 2.61. The van der Waals surface area contributed by atoms with E-state index < -0.39 is 0 Å². The number of carbonyl (C=O) groups is 1. The first-order valence-corrected chi connectivity index (χ1v) is 8.35. The predicted molar refractivity (Wildman–Crippen MR) is 94.9 cm³/mol. The van der Waals surface area contributed by atoms with Crippen molar-refractivity contribution in [1.29, 1.82) is 0 Å². The predicted octanol–water partition coefficient (Wildman–Crippen LogP) is 2.16. The maximum absolute atomic E-state index is 12.3. The third-order valence-corrected chi connectivity index (χ3v) is 4.31. The first kappa shape index (κ1) is 17.0. The number of nitrogens with one attached hydrogen (secondary N) is 1. The van der Waals surface area contributed by atoms with Gasteiger partial charge < -0.3 is 9.64 Å². The number of hydrogen-bond donors (Lipinski definition) is 1. The highest BCUT2D eigenvalue weighted by atomic mass is 16.5. The number of aromatic nitrogens is 2. The smallest absolute Gasteiger partial charge is 0.323 e. The quantitative estimate of drug-likeness (QED) is 0.927. The molecule has 2 heterocycles. The molecule has 25 heavy (non-hydrogen) atoms. The van der Waals surface area contributed by atoms with Gasteiger partial charge in [-0.25, -0.2) is 9.48 Å². The number of piperidine rings is 1. The molecule has 0 saturated carbocycles. The third kappa shape index (κ3) is 4.17. The van der Waals surface area contributed by atoms with E-state index in [9.17, 15) is 9.59 Å². The second-order valence-electron chi connectivity index (χ2n) is 6.18. The van der Waals surface area contributed by atoms with Gasteiger partial charge in [-0.2, -0.15) is 5.10 Å². The van der Waals surface area contributed by atoms with Crippen molar-refractivity contribution in [3.8, 4) is 5.75 Å². The van der Waals surface area contributed by atoms with Gasteiger partial charge in [0.1, 0.15) is 11.9 Å². The fourth-order valence-electron chi connectivity index (χ4n) is 2.80. The van der Waals surface area contributed by atoms with E-state index in [4.69, 9.17) is 4.74 Å². The van der Waals surface area contributed by atoms with Crippen LogP contribution < -0.4 is 15.6 Å². The Bertz CT molecular complexity index is 810. The van der Waals surface area contributed by atoms with E-state index >= 15 is 0 Å². The van der Waals surface area contributed by atoms with Gasteiger partial charge in [-0.05, 0) is 24.6 Å². The molecular weight excluding hydrogens is 320 g/mol. The van der Waals surface area contributed by atoms with Gasteiger partial charge in [-0.3, -0.25) is 10.1 Å². The van der Waals surface area contributed by atoms with Gasteiger partial charge in [-0.15, -0.1) is 0 Å². The summed E-state index contributed by atoms with van der Waals surface area (Å²) in [7, 11) is 1.55. The summed E-state index contributed by atoms with van der Waals surface area (Å²) in [6.45, 7) is 3.26. The molecule has 0 bridgehead atoms. The Balaban J connectivity index is 1.53. The van der Waals surface area contributed by atoms with Gasteiger partial charge in [0, 0.05) is 39.0 Å². The van der Waals surface area contributed by atoms with Crippen LogP contribution in [0.5, 0.6) is 5.75 Å². The van der Waals surface area contributed by atoms with Gasteiger partial charge in [0.25, 0.3) is 5.56 Å². The number of likely N-dealkylation sites (tertiary alicyclic amines) is 1. The van der Waals surface area contributed by atoms with Gasteiger partial charge in [0.05, 0.1) is 0 Å². The second kappa shape index (κ2) is 7.38. The molecule has 132 valence electrons. The van der Waals surface area contributed by atoms with Crippen molar-refractivity contribution in [2.24, 2.45) is 7.05 Å². The molecular formula is C18H22N4O3. The largest absolute Gasteiger partial charge is 0.490 e. The summed E-state index contributed by atoms with van der Waals surface area (Å²) in [6.07, 6.45) is 1.67. The Morgan fingerprint density at radius 2 is 1.92 bits per heavy atom. The number of nitrogens with zero attached hydrogens (tertiary/aromatic N) is 3. The molecule has 0 unspecified atom stereocenters. The van der Waals surface area contributed by atoms with Crippen molar-refractivity contribution >= 4 is 11.8 Å². The Kier molecular flexibility index (Phi) is 5.02. The monoisotopic (exact) mass is 342 g/mol. The van der Waals surface area contributed by atoms with Gasteiger partial charge >= 0.3 is 6.03 Å². The number of amides is 2. The zero-order valence-electron chi connectivity index (χ0n) is 14.4. The topological polar surface area (TPSA) is 76.5 Å². The zero-order valence-corrected chi connectivity index (χ0v) is 14.4. The summed E-state index contributed by atoms with van der Waals surface area (Å²) >= 11 is 0. The number of urea groups is 1. The summed E-state index contributed by atoms with van der Waals surface area (Å²) < 4.78 is 7.24. The summed E-state index contributed by atoms with van der Waals surface area (Å²) in [4.78, 5) is 25.4. The van der Waals surface area contributed by atoms with Crippen LogP contribution in [0.15, 0.2) is 41.2 Å². The number of carbonyl (C=O) groups excluding carboxylic acids is 1. The van der Waals surface area contributed by atoms with Crippen LogP contribution in [0, 0.1) is 6.92 Å². The van der Waals surface area contributed by atoms with Crippen LogP contribution in [0.1, 0.15) is 18.4 Å². The first-order valence-electron chi connectivity index (χ1n) is 8.35. The summed E-state index contributed by atoms with van der Waals surface area (Å²) in [5.41, 5.74) is 0.899. The number of para-hydroxylation sites is 1. The number of ether oxygens (including phenoxy) is 1. The van der Waals surface area contributed by atoms with E-state index in [0.29, 0.717) is 18.9 Å². The molecule has 0 spiro atoms. The Labute approximate surface area is 146 Å². The fraction of sp³-hybridized carbons (Fsp3) is 0.389. The van der Waals surface area contributed by atoms with E-state index in [1.54, 1.807) is 11.9 Å². The number of rotatable bonds is 3. The molecule has 0 radical (unpaired) electrons. The molecule has 1 fully saturated rings. The SMILES string of the molecule is Cc1ccccc1OC1CCN(C(=O)Nc2ccc(=O)n(C)n2)CC1. The van der Waals surface area contributed by atoms with Crippen molar-refractivity contribution in [2.75, 3.05) is 18.4 Å². The van der Waals surface area contributed by atoms with Crippen molar-refractivity contribution in [3.05, 3.63) is 52.3 Å².